The van der Waals surface area contributed by atoms with Gasteiger partial charge in [-0.05, 0) is 38.6 Å². The lowest BCUT2D eigenvalue weighted by Gasteiger charge is -2.20. The summed E-state index contributed by atoms with van der Waals surface area (Å²) in [6.07, 6.45) is -0.491. The van der Waals surface area contributed by atoms with Gasteiger partial charge in [0.25, 0.3) is 0 Å². The van der Waals surface area contributed by atoms with Crippen LogP contribution in [0.1, 0.15) is 12.5 Å². The summed E-state index contributed by atoms with van der Waals surface area (Å²) >= 11 is 0. The summed E-state index contributed by atoms with van der Waals surface area (Å²) in [5.74, 6) is 0.802. The zero-order valence-corrected chi connectivity index (χ0v) is 11.5. The SMILES string of the molecule is C=C(C)CN(C)CC(O)COc1cccc(C)c1. The molecule has 3 heteroatoms. The summed E-state index contributed by atoms with van der Waals surface area (Å²) in [4.78, 5) is 2.03. The molecular formula is C15H23NO2. The van der Waals surface area contributed by atoms with Crippen LogP contribution in [0.4, 0.5) is 0 Å². The van der Waals surface area contributed by atoms with Gasteiger partial charge in [-0.3, -0.25) is 4.90 Å². The second-order valence-electron chi connectivity index (χ2n) is 4.94. The van der Waals surface area contributed by atoms with E-state index in [1.165, 1.54) is 0 Å². The number of hydrogen-bond acceptors (Lipinski definition) is 3. The Bertz CT molecular complexity index is 390. The third-order valence-corrected chi connectivity index (χ3v) is 2.49. The number of nitrogens with zero attached hydrogens (tertiary/aromatic N) is 1. The van der Waals surface area contributed by atoms with E-state index < -0.39 is 6.10 Å². The molecule has 1 aromatic carbocycles. The van der Waals surface area contributed by atoms with Crippen LogP contribution in [0.2, 0.25) is 0 Å². The Kier molecular flexibility index (Phi) is 5.89. The highest BCUT2D eigenvalue weighted by Gasteiger charge is 2.09. The Morgan fingerprint density at radius 3 is 2.83 bits per heavy atom. The molecule has 1 unspecified atom stereocenters. The fourth-order valence-corrected chi connectivity index (χ4v) is 1.84. The van der Waals surface area contributed by atoms with E-state index in [1.807, 2.05) is 50.1 Å². The average molecular weight is 249 g/mol. The molecule has 3 nitrogen and oxygen atoms in total. The molecule has 18 heavy (non-hydrogen) atoms. The van der Waals surface area contributed by atoms with E-state index in [0.29, 0.717) is 13.2 Å². The first-order chi connectivity index (χ1) is 8.47. The monoisotopic (exact) mass is 249 g/mol. The van der Waals surface area contributed by atoms with Gasteiger partial charge in [0.05, 0.1) is 0 Å². The van der Waals surface area contributed by atoms with Gasteiger partial charge in [-0.15, -0.1) is 0 Å². The third-order valence-electron chi connectivity index (χ3n) is 2.49. The zero-order chi connectivity index (χ0) is 13.5. The van der Waals surface area contributed by atoms with E-state index in [1.54, 1.807) is 0 Å². The fourth-order valence-electron chi connectivity index (χ4n) is 1.84. The zero-order valence-electron chi connectivity index (χ0n) is 11.5. The highest BCUT2D eigenvalue weighted by atomic mass is 16.5. The van der Waals surface area contributed by atoms with Crippen molar-refractivity contribution in [3.63, 3.8) is 0 Å². The topological polar surface area (TPSA) is 32.7 Å². The van der Waals surface area contributed by atoms with Crippen LogP contribution in [0.15, 0.2) is 36.4 Å². The molecule has 0 aliphatic rings. The van der Waals surface area contributed by atoms with Crippen LogP contribution in [-0.4, -0.2) is 42.9 Å². The molecule has 0 saturated heterocycles. The van der Waals surface area contributed by atoms with Gasteiger partial charge in [0.15, 0.2) is 0 Å². The lowest BCUT2D eigenvalue weighted by atomic mass is 10.2. The number of ether oxygens (including phenoxy) is 1. The number of benzene rings is 1. The van der Waals surface area contributed by atoms with Crippen molar-refractivity contribution in [3.8, 4) is 5.75 Å². The summed E-state index contributed by atoms with van der Waals surface area (Å²) in [6.45, 7) is 9.53. The van der Waals surface area contributed by atoms with Crippen LogP contribution >= 0.6 is 0 Å². The molecule has 0 heterocycles. The predicted octanol–water partition coefficient (Wildman–Crippen LogP) is 2.24. The van der Waals surface area contributed by atoms with Gasteiger partial charge in [0.2, 0.25) is 0 Å². The van der Waals surface area contributed by atoms with Gasteiger partial charge in [-0.1, -0.05) is 24.3 Å². The summed E-state index contributed by atoms with van der Waals surface area (Å²) in [5.41, 5.74) is 2.24. The van der Waals surface area contributed by atoms with Gasteiger partial charge in [0.1, 0.15) is 18.5 Å². The molecule has 0 amide bonds. The molecule has 0 radical (unpaired) electrons. The Morgan fingerprint density at radius 1 is 1.50 bits per heavy atom. The molecule has 100 valence electrons. The Labute approximate surface area is 110 Å². The second kappa shape index (κ2) is 7.19. The molecule has 1 atom stereocenters. The smallest absolute Gasteiger partial charge is 0.119 e. The molecule has 0 aromatic heterocycles. The van der Waals surface area contributed by atoms with E-state index in [2.05, 4.69) is 6.58 Å². The van der Waals surface area contributed by atoms with Crippen LogP contribution in [0.5, 0.6) is 5.75 Å². The number of aliphatic hydroxyl groups excluding tert-OH is 1. The first-order valence-electron chi connectivity index (χ1n) is 6.18. The quantitative estimate of drug-likeness (QED) is 0.752. The highest BCUT2D eigenvalue weighted by molar-refractivity contribution is 5.27. The van der Waals surface area contributed by atoms with Gasteiger partial charge in [-0.25, -0.2) is 0 Å². The predicted molar refractivity (Wildman–Crippen MR) is 75.0 cm³/mol. The molecule has 0 aliphatic carbocycles. The van der Waals surface area contributed by atoms with Crippen LogP contribution in [0, 0.1) is 6.92 Å². The van der Waals surface area contributed by atoms with Crippen molar-refractivity contribution < 1.29 is 9.84 Å². The first-order valence-corrected chi connectivity index (χ1v) is 6.18. The van der Waals surface area contributed by atoms with Crippen molar-refractivity contribution in [2.75, 3.05) is 26.7 Å². The van der Waals surface area contributed by atoms with Crippen molar-refractivity contribution in [3.05, 3.63) is 42.0 Å². The molecular weight excluding hydrogens is 226 g/mol. The number of aliphatic hydroxyl groups is 1. The minimum atomic E-state index is -0.491. The lowest BCUT2D eigenvalue weighted by Crippen LogP contribution is -2.33. The fraction of sp³-hybridized carbons (Fsp3) is 0.467. The van der Waals surface area contributed by atoms with Crippen LogP contribution in [0.25, 0.3) is 0 Å². The number of rotatable bonds is 7. The summed E-state index contributed by atoms with van der Waals surface area (Å²) < 4.78 is 5.56. The summed E-state index contributed by atoms with van der Waals surface area (Å²) in [5, 5.41) is 9.87. The molecule has 0 fully saturated rings. The molecule has 1 aromatic rings. The molecule has 1 rings (SSSR count). The van der Waals surface area contributed by atoms with E-state index in [9.17, 15) is 5.11 Å². The van der Waals surface area contributed by atoms with Crippen molar-refractivity contribution in [1.82, 2.24) is 4.90 Å². The van der Waals surface area contributed by atoms with Crippen molar-refractivity contribution in [2.45, 2.75) is 20.0 Å². The largest absolute Gasteiger partial charge is 0.491 e. The average Bonchev–Trinajstić information content (AvgIpc) is 2.25. The van der Waals surface area contributed by atoms with Crippen molar-refractivity contribution in [2.24, 2.45) is 0 Å². The minimum absolute atomic E-state index is 0.310. The van der Waals surface area contributed by atoms with Crippen molar-refractivity contribution in [1.29, 1.82) is 0 Å². The molecule has 0 spiro atoms. The Hall–Kier alpha value is -1.32. The van der Waals surface area contributed by atoms with Gasteiger partial charge < -0.3 is 9.84 Å². The Balaban J connectivity index is 2.32. The maximum absolute atomic E-state index is 9.87. The number of aryl methyl sites for hydroxylation is 1. The number of hydrogen-bond donors (Lipinski definition) is 1. The molecule has 0 bridgehead atoms. The normalized spacial score (nSPS) is 12.5. The molecule has 1 N–H and O–H groups in total. The van der Waals surface area contributed by atoms with E-state index in [0.717, 1.165) is 23.4 Å². The minimum Gasteiger partial charge on any atom is -0.491 e. The standard InChI is InChI=1S/C15H23NO2/c1-12(2)9-16(4)10-14(17)11-18-15-7-5-6-13(3)8-15/h5-8,14,17H,1,9-11H2,2-4H3. The molecule has 0 saturated carbocycles. The van der Waals surface area contributed by atoms with Crippen molar-refractivity contribution >= 4 is 0 Å². The summed E-state index contributed by atoms with van der Waals surface area (Å²) in [7, 11) is 1.96. The lowest BCUT2D eigenvalue weighted by molar-refractivity contribution is 0.0789. The third kappa shape index (κ3) is 5.84. The van der Waals surface area contributed by atoms with E-state index in [-0.39, 0.29) is 0 Å². The number of likely N-dealkylation sites (N-methyl/N-ethyl adjacent to an activating group) is 1. The van der Waals surface area contributed by atoms with E-state index in [4.69, 9.17) is 4.74 Å². The highest BCUT2D eigenvalue weighted by Crippen LogP contribution is 2.12. The summed E-state index contributed by atoms with van der Waals surface area (Å²) in [6, 6.07) is 7.83. The molecule has 0 aliphatic heterocycles. The maximum Gasteiger partial charge on any atom is 0.119 e. The van der Waals surface area contributed by atoms with Crippen LogP contribution < -0.4 is 4.74 Å². The van der Waals surface area contributed by atoms with Gasteiger partial charge in [0, 0.05) is 13.1 Å². The van der Waals surface area contributed by atoms with Gasteiger partial charge in [-0.2, -0.15) is 0 Å². The second-order valence-corrected chi connectivity index (χ2v) is 4.94. The first kappa shape index (κ1) is 14.7. The van der Waals surface area contributed by atoms with E-state index >= 15 is 0 Å². The van der Waals surface area contributed by atoms with Crippen LogP contribution in [-0.2, 0) is 0 Å². The Morgan fingerprint density at radius 2 is 2.22 bits per heavy atom. The van der Waals surface area contributed by atoms with Crippen LogP contribution in [0.3, 0.4) is 0 Å². The maximum atomic E-state index is 9.87. The van der Waals surface area contributed by atoms with Gasteiger partial charge >= 0.3 is 0 Å².